The smallest absolute Gasteiger partial charge is 0.187 e. The number of nitrogens with zero attached hydrogens (tertiary/aromatic N) is 1. The van der Waals surface area contributed by atoms with Gasteiger partial charge in [0.15, 0.2) is 5.13 Å². The number of nitrogens with one attached hydrogen (secondary N) is 1. The molecule has 4 aliphatic rings. The molecule has 2 fully saturated rings. The van der Waals surface area contributed by atoms with Crippen LogP contribution in [0.15, 0.2) is 24.3 Å². The second-order valence-corrected chi connectivity index (χ2v) is 15.9. The molecule has 0 saturated heterocycles. The molecule has 1 aromatic heterocycles. The van der Waals surface area contributed by atoms with Crippen molar-refractivity contribution < 1.29 is 0 Å². The summed E-state index contributed by atoms with van der Waals surface area (Å²) in [6.07, 6.45) is 16.5. The lowest BCUT2D eigenvalue weighted by atomic mass is 9.47. The second kappa shape index (κ2) is 10.3. The Kier molecular flexibility index (Phi) is 7.31. The number of fused-ring (bicyclic) bond motifs is 7. The zero-order valence-corrected chi connectivity index (χ0v) is 26.5. The molecule has 212 valence electrons. The highest BCUT2D eigenvalue weighted by atomic mass is 32.1. The molecule has 2 nitrogen and oxygen atoms in total. The second-order valence-electron chi connectivity index (χ2n) is 14.9. The van der Waals surface area contributed by atoms with Gasteiger partial charge >= 0.3 is 0 Å². The summed E-state index contributed by atoms with van der Waals surface area (Å²) in [5.41, 5.74) is 7.67. The molecular formula is C36H52N2S. The molecular weight excluding hydrogens is 492 g/mol. The maximum atomic E-state index is 5.13. The first-order valence-corrected chi connectivity index (χ1v) is 17.0. The van der Waals surface area contributed by atoms with Gasteiger partial charge in [-0.3, -0.25) is 0 Å². The Morgan fingerprint density at radius 1 is 1.03 bits per heavy atom. The SMILES string of the molecule is Cc1ccc(Nc2nc3c(s2)C2=CC[C@@H]4[C@H](CC[C@]5(C)C(C(C)CCCC(C)C)CC[C@@H]45)[C@@]2(C)CC3)c(C)c1. The van der Waals surface area contributed by atoms with E-state index in [0.717, 1.165) is 47.1 Å². The Morgan fingerprint density at radius 2 is 1.85 bits per heavy atom. The Hall–Kier alpha value is -1.61. The van der Waals surface area contributed by atoms with Crippen LogP contribution >= 0.6 is 11.3 Å². The highest BCUT2D eigenvalue weighted by Crippen LogP contribution is 2.68. The summed E-state index contributed by atoms with van der Waals surface area (Å²) in [7, 11) is 0. The van der Waals surface area contributed by atoms with Crippen LogP contribution in [0.3, 0.4) is 0 Å². The number of aromatic nitrogens is 1. The van der Waals surface area contributed by atoms with Gasteiger partial charge in [-0.05, 0) is 122 Å². The number of benzene rings is 1. The van der Waals surface area contributed by atoms with Gasteiger partial charge in [0.2, 0.25) is 0 Å². The highest BCUT2D eigenvalue weighted by molar-refractivity contribution is 7.16. The van der Waals surface area contributed by atoms with Crippen molar-refractivity contribution in [3.05, 3.63) is 46.0 Å². The van der Waals surface area contributed by atoms with E-state index in [0.29, 0.717) is 10.8 Å². The van der Waals surface area contributed by atoms with Crippen LogP contribution in [-0.2, 0) is 6.42 Å². The first-order chi connectivity index (χ1) is 18.6. The molecule has 7 atom stereocenters. The lowest BCUT2D eigenvalue weighted by Gasteiger charge is -2.57. The van der Waals surface area contributed by atoms with Crippen LogP contribution < -0.4 is 5.32 Å². The van der Waals surface area contributed by atoms with Gasteiger partial charge in [-0.25, -0.2) is 4.98 Å². The number of anilines is 2. The quantitative estimate of drug-likeness (QED) is 0.375. The zero-order chi connectivity index (χ0) is 27.5. The van der Waals surface area contributed by atoms with Crippen molar-refractivity contribution in [1.82, 2.24) is 4.98 Å². The van der Waals surface area contributed by atoms with Crippen LogP contribution in [0.2, 0.25) is 0 Å². The van der Waals surface area contributed by atoms with E-state index in [2.05, 4.69) is 78.1 Å². The van der Waals surface area contributed by atoms with E-state index in [1.165, 1.54) is 85.2 Å². The molecule has 1 aromatic carbocycles. The van der Waals surface area contributed by atoms with Crippen LogP contribution in [0.1, 0.15) is 114 Å². The van der Waals surface area contributed by atoms with Gasteiger partial charge in [0.05, 0.1) is 10.6 Å². The van der Waals surface area contributed by atoms with Gasteiger partial charge < -0.3 is 5.32 Å². The Balaban J connectivity index is 1.22. The predicted octanol–water partition coefficient (Wildman–Crippen LogP) is 10.8. The predicted molar refractivity (Wildman–Crippen MR) is 169 cm³/mol. The molecule has 2 saturated carbocycles. The van der Waals surface area contributed by atoms with E-state index in [9.17, 15) is 0 Å². The van der Waals surface area contributed by atoms with E-state index in [4.69, 9.17) is 4.98 Å². The number of thiazole rings is 1. The van der Waals surface area contributed by atoms with Gasteiger partial charge in [-0.2, -0.15) is 0 Å². The van der Waals surface area contributed by atoms with Crippen molar-refractivity contribution in [2.45, 2.75) is 113 Å². The fourth-order valence-corrected chi connectivity index (χ4v) is 11.2. The topological polar surface area (TPSA) is 24.9 Å². The molecule has 0 aliphatic heterocycles. The van der Waals surface area contributed by atoms with Gasteiger partial charge in [0, 0.05) is 5.69 Å². The third-order valence-corrected chi connectivity index (χ3v) is 13.2. The molecule has 1 heterocycles. The fraction of sp³-hybridized carbons (Fsp3) is 0.694. The highest BCUT2D eigenvalue weighted by Gasteiger charge is 2.59. The summed E-state index contributed by atoms with van der Waals surface area (Å²) in [5, 5.41) is 4.74. The van der Waals surface area contributed by atoms with E-state index in [1.54, 1.807) is 5.57 Å². The molecule has 39 heavy (non-hydrogen) atoms. The molecule has 0 spiro atoms. The van der Waals surface area contributed by atoms with Gasteiger partial charge in [0.1, 0.15) is 0 Å². The van der Waals surface area contributed by atoms with E-state index in [-0.39, 0.29) is 0 Å². The maximum Gasteiger partial charge on any atom is 0.187 e. The molecule has 4 aliphatic carbocycles. The number of allylic oxidation sites excluding steroid dienone is 2. The van der Waals surface area contributed by atoms with Crippen LogP contribution in [0.4, 0.5) is 10.8 Å². The van der Waals surface area contributed by atoms with Crippen molar-refractivity contribution in [1.29, 1.82) is 0 Å². The minimum Gasteiger partial charge on any atom is -0.331 e. The molecule has 2 aromatic rings. The van der Waals surface area contributed by atoms with Crippen LogP contribution in [0, 0.1) is 60.2 Å². The first kappa shape index (κ1) is 27.6. The van der Waals surface area contributed by atoms with E-state index < -0.39 is 0 Å². The zero-order valence-electron chi connectivity index (χ0n) is 25.7. The summed E-state index contributed by atoms with van der Waals surface area (Å²) in [5.74, 6) is 5.32. The summed E-state index contributed by atoms with van der Waals surface area (Å²) in [6, 6.07) is 6.66. The maximum absolute atomic E-state index is 5.13. The molecule has 3 heteroatoms. The monoisotopic (exact) mass is 544 g/mol. The van der Waals surface area contributed by atoms with Crippen LogP contribution in [0.5, 0.6) is 0 Å². The minimum atomic E-state index is 0.321. The van der Waals surface area contributed by atoms with Crippen molar-refractivity contribution in [3.63, 3.8) is 0 Å². The van der Waals surface area contributed by atoms with Crippen molar-refractivity contribution in [2.75, 3.05) is 5.32 Å². The number of aryl methyl sites for hydroxylation is 3. The minimum absolute atomic E-state index is 0.321. The summed E-state index contributed by atoms with van der Waals surface area (Å²) < 4.78 is 0. The Labute approximate surface area is 242 Å². The summed E-state index contributed by atoms with van der Waals surface area (Å²) >= 11 is 1.91. The molecule has 1 N–H and O–H groups in total. The third-order valence-electron chi connectivity index (χ3n) is 12.1. The molecule has 6 rings (SSSR count). The fourth-order valence-electron chi connectivity index (χ4n) is 10.0. The van der Waals surface area contributed by atoms with Crippen LogP contribution in [-0.4, -0.2) is 4.98 Å². The molecule has 0 amide bonds. The average Bonchev–Trinajstić information content (AvgIpc) is 3.45. The Morgan fingerprint density at radius 3 is 2.62 bits per heavy atom. The first-order valence-electron chi connectivity index (χ1n) is 16.1. The standard InChI is InChI=1S/C36H52N2S/c1-22(2)9-8-10-24(4)27-14-15-28-26-12-13-30-33-32(18-20-36(30,7)29(26)17-19-35(27,28)6)38-34(39-33)37-31-16-11-23(3)21-25(31)5/h11,13,16,21-22,24,26-29H,8-10,12,14-15,17-20H2,1-7H3,(H,37,38)/t24?,26-,27?,28-,29-,35+,36+/m0/s1. The summed E-state index contributed by atoms with van der Waals surface area (Å²) in [6.45, 7) is 17.1. The largest absolute Gasteiger partial charge is 0.331 e. The molecule has 2 unspecified atom stereocenters. The van der Waals surface area contributed by atoms with Crippen molar-refractivity contribution >= 4 is 27.7 Å². The van der Waals surface area contributed by atoms with E-state index >= 15 is 0 Å². The lowest BCUT2D eigenvalue weighted by Crippen LogP contribution is -2.49. The van der Waals surface area contributed by atoms with Crippen molar-refractivity contribution in [2.24, 2.45) is 46.3 Å². The molecule has 0 bridgehead atoms. The number of rotatable bonds is 7. The average molecular weight is 545 g/mol. The van der Waals surface area contributed by atoms with Crippen LogP contribution in [0.25, 0.3) is 5.57 Å². The summed E-state index contributed by atoms with van der Waals surface area (Å²) in [4.78, 5) is 6.62. The lowest BCUT2D eigenvalue weighted by molar-refractivity contribution is -0.0392. The molecule has 0 radical (unpaired) electrons. The van der Waals surface area contributed by atoms with Gasteiger partial charge in [-0.1, -0.05) is 89.0 Å². The van der Waals surface area contributed by atoms with Gasteiger partial charge in [-0.15, -0.1) is 0 Å². The Bertz CT molecular complexity index is 1240. The number of hydrogen-bond acceptors (Lipinski definition) is 3. The normalized spacial score (nSPS) is 34.1. The third kappa shape index (κ3) is 4.73. The number of hydrogen-bond donors (Lipinski definition) is 1. The van der Waals surface area contributed by atoms with E-state index in [1.807, 2.05) is 11.3 Å². The van der Waals surface area contributed by atoms with Crippen molar-refractivity contribution in [3.8, 4) is 0 Å². The van der Waals surface area contributed by atoms with Gasteiger partial charge in [0.25, 0.3) is 0 Å².